The lowest BCUT2D eigenvalue weighted by molar-refractivity contribution is 0.638. The lowest BCUT2D eigenvalue weighted by Gasteiger charge is -2.10. The van der Waals surface area contributed by atoms with Crippen LogP contribution in [0.15, 0.2) is 36.7 Å². The zero-order chi connectivity index (χ0) is 14.7. The molecule has 0 bridgehead atoms. The monoisotopic (exact) mass is 298 g/mol. The van der Waals surface area contributed by atoms with E-state index in [4.69, 9.17) is 11.6 Å². The molecular weight excluding hydrogens is 288 g/mol. The van der Waals surface area contributed by atoms with Gasteiger partial charge in [-0.15, -0.1) is 10.2 Å². The number of rotatable bonds is 4. The highest BCUT2D eigenvalue weighted by atomic mass is 35.5. The van der Waals surface area contributed by atoms with Gasteiger partial charge >= 0.3 is 0 Å². The molecule has 0 fully saturated rings. The Kier molecular flexibility index (Phi) is 3.67. The van der Waals surface area contributed by atoms with Gasteiger partial charge in [0.15, 0.2) is 5.69 Å². The second kappa shape index (κ2) is 5.77. The van der Waals surface area contributed by atoms with Gasteiger partial charge < -0.3 is 5.32 Å². The van der Waals surface area contributed by atoms with Gasteiger partial charge in [0.1, 0.15) is 6.07 Å². The lowest BCUT2D eigenvalue weighted by Crippen LogP contribution is -2.12. The summed E-state index contributed by atoms with van der Waals surface area (Å²) < 4.78 is 1.73. The minimum atomic E-state index is 0.284. The first kappa shape index (κ1) is 13.3. The number of nitrogens with one attached hydrogen (secondary N) is 1. The fourth-order valence-corrected chi connectivity index (χ4v) is 2.22. The molecule has 0 radical (unpaired) electrons. The van der Waals surface area contributed by atoms with E-state index in [9.17, 15) is 5.26 Å². The number of nitrogens with zero attached hydrogens (tertiary/aromatic N) is 5. The quantitative estimate of drug-likeness (QED) is 0.800. The Morgan fingerprint density at radius 1 is 1.29 bits per heavy atom. The molecule has 0 aliphatic rings. The van der Waals surface area contributed by atoms with E-state index in [0.717, 1.165) is 10.9 Å². The van der Waals surface area contributed by atoms with Crippen molar-refractivity contribution in [2.24, 2.45) is 0 Å². The highest BCUT2D eigenvalue weighted by Crippen LogP contribution is 2.23. The summed E-state index contributed by atoms with van der Waals surface area (Å²) in [5.41, 5.74) is 1.73. The molecule has 1 aromatic carbocycles. The Bertz CT molecular complexity index is 820. The van der Waals surface area contributed by atoms with E-state index in [0.29, 0.717) is 23.8 Å². The Morgan fingerprint density at radius 3 is 2.90 bits per heavy atom. The molecule has 21 heavy (non-hydrogen) atoms. The first-order valence-electron chi connectivity index (χ1n) is 6.35. The number of hydrogen-bond acceptors (Lipinski definition) is 5. The van der Waals surface area contributed by atoms with E-state index in [-0.39, 0.29) is 5.69 Å². The van der Waals surface area contributed by atoms with Gasteiger partial charge in [-0.2, -0.15) is 10.4 Å². The van der Waals surface area contributed by atoms with E-state index in [1.807, 2.05) is 24.3 Å². The molecule has 104 valence electrons. The van der Waals surface area contributed by atoms with Gasteiger partial charge in [0.25, 0.3) is 0 Å². The van der Waals surface area contributed by atoms with Crippen molar-refractivity contribution in [3.63, 3.8) is 0 Å². The Labute approximate surface area is 126 Å². The minimum Gasteiger partial charge on any atom is -0.380 e. The van der Waals surface area contributed by atoms with Gasteiger partial charge in [0, 0.05) is 18.1 Å². The van der Waals surface area contributed by atoms with Gasteiger partial charge in [-0.25, -0.2) is 0 Å². The molecule has 6 nitrogen and oxygen atoms in total. The fraction of sp³-hybridized carbons (Fsp3) is 0.143. The van der Waals surface area contributed by atoms with Gasteiger partial charge in [-0.1, -0.05) is 29.8 Å². The van der Waals surface area contributed by atoms with Crippen LogP contribution in [0.25, 0.3) is 10.9 Å². The summed E-state index contributed by atoms with van der Waals surface area (Å²) in [6, 6.07) is 9.63. The van der Waals surface area contributed by atoms with Gasteiger partial charge in [-0.05, 0) is 6.07 Å². The summed E-state index contributed by atoms with van der Waals surface area (Å²) in [5, 5.41) is 26.0. The standard InChI is InChI=1S/C14H11ClN6/c15-10-8-18-21(9-10)6-5-17-14-11-3-1-2-4-12(11)19-20-13(14)7-16/h1-4,8-9H,5-6H2,(H,17,19). The molecular formula is C14H11ClN6. The smallest absolute Gasteiger partial charge is 0.186 e. The van der Waals surface area contributed by atoms with Crippen molar-refractivity contribution in [1.29, 1.82) is 5.26 Å². The van der Waals surface area contributed by atoms with Crippen LogP contribution in [0.1, 0.15) is 5.69 Å². The summed E-state index contributed by atoms with van der Waals surface area (Å²) in [4.78, 5) is 0. The maximum absolute atomic E-state index is 9.17. The zero-order valence-electron chi connectivity index (χ0n) is 11.0. The molecule has 7 heteroatoms. The van der Waals surface area contributed by atoms with E-state index in [1.54, 1.807) is 17.1 Å². The van der Waals surface area contributed by atoms with Crippen LogP contribution in [0, 0.1) is 11.3 Å². The molecule has 2 heterocycles. The summed E-state index contributed by atoms with van der Waals surface area (Å²) >= 11 is 5.82. The van der Waals surface area contributed by atoms with E-state index >= 15 is 0 Å². The third-order valence-electron chi connectivity index (χ3n) is 3.02. The summed E-state index contributed by atoms with van der Waals surface area (Å²) in [7, 11) is 0. The lowest BCUT2D eigenvalue weighted by atomic mass is 10.1. The molecule has 0 aliphatic heterocycles. The number of hydrogen-bond donors (Lipinski definition) is 1. The highest BCUT2D eigenvalue weighted by molar-refractivity contribution is 6.30. The molecule has 3 aromatic rings. The molecule has 0 unspecified atom stereocenters. The first-order valence-corrected chi connectivity index (χ1v) is 6.73. The highest BCUT2D eigenvalue weighted by Gasteiger charge is 2.09. The molecule has 0 spiro atoms. The van der Waals surface area contributed by atoms with Crippen molar-refractivity contribution in [2.45, 2.75) is 6.54 Å². The summed E-state index contributed by atoms with van der Waals surface area (Å²) in [6.45, 7) is 1.23. The van der Waals surface area contributed by atoms with Crippen molar-refractivity contribution in [3.05, 3.63) is 47.4 Å². The molecule has 2 aromatic heterocycles. The molecule has 0 saturated carbocycles. The number of benzene rings is 1. The average molecular weight is 299 g/mol. The van der Waals surface area contributed by atoms with Gasteiger partial charge in [0.2, 0.25) is 0 Å². The fourth-order valence-electron chi connectivity index (χ4n) is 2.07. The Morgan fingerprint density at radius 2 is 2.14 bits per heavy atom. The van der Waals surface area contributed by atoms with Crippen LogP contribution < -0.4 is 5.32 Å². The van der Waals surface area contributed by atoms with E-state index in [1.165, 1.54) is 0 Å². The number of anilines is 1. The molecule has 0 atom stereocenters. The predicted octanol–water partition coefficient (Wildman–Crippen LogP) is 2.46. The second-order valence-corrected chi connectivity index (χ2v) is 4.84. The zero-order valence-corrected chi connectivity index (χ0v) is 11.7. The normalized spacial score (nSPS) is 10.5. The van der Waals surface area contributed by atoms with Crippen LogP contribution in [0.3, 0.4) is 0 Å². The SMILES string of the molecule is N#Cc1nnc2ccccc2c1NCCn1cc(Cl)cn1. The van der Waals surface area contributed by atoms with Crippen molar-refractivity contribution < 1.29 is 0 Å². The summed E-state index contributed by atoms with van der Waals surface area (Å²) in [6.07, 6.45) is 3.34. The number of halogens is 1. The molecule has 3 rings (SSSR count). The van der Waals surface area contributed by atoms with Crippen LogP contribution in [0.5, 0.6) is 0 Å². The number of aromatic nitrogens is 4. The second-order valence-electron chi connectivity index (χ2n) is 4.40. The maximum Gasteiger partial charge on any atom is 0.186 e. The minimum absolute atomic E-state index is 0.284. The third-order valence-corrected chi connectivity index (χ3v) is 3.21. The van der Waals surface area contributed by atoms with Crippen molar-refractivity contribution >= 4 is 28.2 Å². The van der Waals surface area contributed by atoms with Crippen LogP contribution in [-0.2, 0) is 6.54 Å². The molecule has 0 aliphatic carbocycles. The van der Waals surface area contributed by atoms with Gasteiger partial charge in [-0.3, -0.25) is 4.68 Å². The van der Waals surface area contributed by atoms with Gasteiger partial charge in [0.05, 0.1) is 29.0 Å². The molecule has 0 amide bonds. The maximum atomic E-state index is 9.17. The Hall–Kier alpha value is -2.65. The first-order chi connectivity index (χ1) is 10.3. The van der Waals surface area contributed by atoms with Crippen LogP contribution in [-0.4, -0.2) is 26.5 Å². The molecule has 1 N–H and O–H groups in total. The number of fused-ring (bicyclic) bond motifs is 1. The number of nitriles is 1. The van der Waals surface area contributed by atoms with Crippen molar-refractivity contribution in [1.82, 2.24) is 20.0 Å². The van der Waals surface area contributed by atoms with E-state index < -0.39 is 0 Å². The van der Waals surface area contributed by atoms with E-state index in [2.05, 4.69) is 26.7 Å². The largest absolute Gasteiger partial charge is 0.380 e. The van der Waals surface area contributed by atoms with Crippen LogP contribution in [0.4, 0.5) is 5.69 Å². The third kappa shape index (κ3) is 2.78. The van der Waals surface area contributed by atoms with Crippen molar-refractivity contribution in [2.75, 3.05) is 11.9 Å². The summed E-state index contributed by atoms with van der Waals surface area (Å²) in [5.74, 6) is 0. The Balaban J connectivity index is 1.84. The van der Waals surface area contributed by atoms with Crippen LogP contribution in [0.2, 0.25) is 5.02 Å². The van der Waals surface area contributed by atoms with Crippen molar-refractivity contribution in [3.8, 4) is 6.07 Å². The average Bonchev–Trinajstić information content (AvgIpc) is 2.93. The topological polar surface area (TPSA) is 79.4 Å². The molecule has 0 saturated heterocycles. The van der Waals surface area contributed by atoms with Crippen LogP contribution >= 0.6 is 11.6 Å². The predicted molar refractivity (Wildman–Crippen MR) is 80.0 cm³/mol.